The van der Waals surface area contributed by atoms with Gasteiger partial charge in [-0.3, -0.25) is 0 Å². The number of aliphatic hydroxyl groups excluding tert-OH is 1. The molecule has 0 radical (unpaired) electrons. The van der Waals surface area contributed by atoms with Gasteiger partial charge in [0.15, 0.2) is 0 Å². The predicted octanol–water partition coefficient (Wildman–Crippen LogP) is 2.44. The van der Waals surface area contributed by atoms with Gasteiger partial charge in [-0.1, -0.05) is 19.8 Å². The van der Waals surface area contributed by atoms with E-state index in [9.17, 15) is 12.8 Å². The highest BCUT2D eigenvalue weighted by Gasteiger charge is 2.24. The van der Waals surface area contributed by atoms with Gasteiger partial charge < -0.3 is 5.11 Å². The van der Waals surface area contributed by atoms with Crippen molar-refractivity contribution in [2.45, 2.75) is 44.6 Å². The van der Waals surface area contributed by atoms with E-state index in [0.29, 0.717) is 6.54 Å². The van der Waals surface area contributed by atoms with Gasteiger partial charge in [-0.15, -0.1) is 0 Å². The van der Waals surface area contributed by atoms with Crippen molar-refractivity contribution in [3.05, 3.63) is 29.1 Å². The summed E-state index contributed by atoms with van der Waals surface area (Å²) < 4.78 is 39.9. The van der Waals surface area contributed by atoms with Crippen LogP contribution in [0.2, 0.25) is 0 Å². The largest absolute Gasteiger partial charge is 0.392 e. The summed E-state index contributed by atoms with van der Waals surface area (Å²) in [5.41, 5.74) is 0.346. The molecular formula is C14H22FNO3S. The molecule has 20 heavy (non-hydrogen) atoms. The van der Waals surface area contributed by atoms with Crippen molar-refractivity contribution in [1.82, 2.24) is 4.31 Å². The van der Waals surface area contributed by atoms with Crippen molar-refractivity contribution < 1.29 is 17.9 Å². The average Bonchev–Trinajstić information content (AvgIpc) is 2.41. The number of sulfonamides is 1. The highest BCUT2D eigenvalue weighted by molar-refractivity contribution is 7.89. The molecule has 0 atom stereocenters. The number of hydrogen-bond donors (Lipinski definition) is 1. The molecule has 1 aromatic rings. The van der Waals surface area contributed by atoms with Crippen molar-refractivity contribution in [3.8, 4) is 0 Å². The van der Waals surface area contributed by atoms with Crippen molar-refractivity contribution in [2.24, 2.45) is 0 Å². The minimum atomic E-state index is -3.72. The molecule has 0 amide bonds. The third-order valence-corrected chi connectivity index (χ3v) is 5.29. The lowest BCUT2D eigenvalue weighted by Gasteiger charge is -2.19. The normalized spacial score (nSPS) is 12.1. The molecule has 1 aromatic carbocycles. The first kappa shape index (κ1) is 17.1. The van der Waals surface area contributed by atoms with Crippen molar-refractivity contribution >= 4 is 10.0 Å². The number of nitrogens with zero attached hydrogens (tertiary/aromatic N) is 1. The summed E-state index contributed by atoms with van der Waals surface area (Å²) in [6.07, 6.45) is 2.72. The summed E-state index contributed by atoms with van der Waals surface area (Å²) >= 11 is 0. The molecule has 0 saturated heterocycles. The maximum atomic E-state index is 13.7. The van der Waals surface area contributed by atoms with Gasteiger partial charge in [0.2, 0.25) is 10.0 Å². The Morgan fingerprint density at radius 3 is 2.50 bits per heavy atom. The molecule has 1 rings (SSSR count). The lowest BCUT2D eigenvalue weighted by atomic mass is 10.1. The second kappa shape index (κ2) is 7.15. The molecule has 0 aliphatic rings. The maximum absolute atomic E-state index is 13.7. The molecule has 4 nitrogen and oxygen atoms in total. The van der Waals surface area contributed by atoms with Crippen LogP contribution >= 0.6 is 0 Å². The molecule has 0 aromatic heterocycles. The molecule has 0 bridgehead atoms. The number of hydrogen-bond acceptors (Lipinski definition) is 3. The minimum absolute atomic E-state index is 0.0689. The summed E-state index contributed by atoms with van der Waals surface area (Å²) in [5, 5.41) is 9.08. The number of rotatable bonds is 7. The Kier molecular flexibility index (Phi) is 6.10. The number of halogens is 1. The van der Waals surface area contributed by atoms with Gasteiger partial charge in [0, 0.05) is 19.2 Å². The van der Waals surface area contributed by atoms with Gasteiger partial charge in [0.1, 0.15) is 5.82 Å². The SMILES string of the molecule is CCCCCN(C)S(=O)(=O)c1cc(CO)cc(F)c1C. The van der Waals surface area contributed by atoms with Gasteiger partial charge >= 0.3 is 0 Å². The van der Waals surface area contributed by atoms with Crippen LogP contribution in [0, 0.1) is 12.7 Å². The molecular weight excluding hydrogens is 281 g/mol. The van der Waals surface area contributed by atoms with E-state index in [2.05, 4.69) is 0 Å². The molecule has 114 valence electrons. The van der Waals surface area contributed by atoms with Gasteiger partial charge in [0.05, 0.1) is 11.5 Å². The van der Waals surface area contributed by atoms with Crippen molar-refractivity contribution in [1.29, 1.82) is 0 Å². The van der Waals surface area contributed by atoms with Crippen molar-refractivity contribution in [3.63, 3.8) is 0 Å². The molecule has 0 aliphatic carbocycles. The summed E-state index contributed by atoms with van der Waals surface area (Å²) in [7, 11) is -2.23. The van der Waals surface area contributed by atoms with Crippen LogP contribution in [0.15, 0.2) is 17.0 Å². The van der Waals surface area contributed by atoms with Crippen LogP contribution in [-0.4, -0.2) is 31.4 Å². The van der Waals surface area contributed by atoms with Crippen LogP contribution in [0.4, 0.5) is 4.39 Å². The van der Waals surface area contributed by atoms with E-state index in [1.165, 1.54) is 24.3 Å². The van der Waals surface area contributed by atoms with Crippen LogP contribution in [-0.2, 0) is 16.6 Å². The highest BCUT2D eigenvalue weighted by atomic mass is 32.2. The van der Waals surface area contributed by atoms with Crippen LogP contribution in [0.3, 0.4) is 0 Å². The monoisotopic (exact) mass is 303 g/mol. The fourth-order valence-corrected chi connectivity index (χ4v) is 3.43. The Bertz CT molecular complexity index is 558. The summed E-state index contributed by atoms with van der Waals surface area (Å²) in [5.74, 6) is -0.614. The van der Waals surface area contributed by atoms with E-state index < -0.39 is 15.8 Å². The van der Waals surface area contributed by atoms with Crippen LogP contribution in [0.5, 0.6) is 0 Å². The molecule has 0 heterocycles. The first-order chi connectivity index (χ1) is 9.34. The molecule has 0 fully saturated rings. The molecule has 0 unspecified atom stereocenters. The quantitative estimate of drug-likeness (QED) is 0.787. The van der Waals surface area contributed by atoms with Crippen molar-refractivity contribution in [2.75, 3.05) is 13.6 Å². The lowest BCUT2D eigenvalue weighted by molar-refractivity contribution is 0.280. The van der Waals surface area contributed by atoms with E-state index in [1.807, 2.05) is 6.92 Å². The third-order valence-electron chi connectivity index (χ3n) is 3.30. The molecule has 0 aliphatic heterocycles. The first-order valence-corrected chi connectivity index (χ1v) is 8.14. The van der Waals surface area contributed by atoms with Gasteiger partial charge in [0.25, 0.3) is 0 Å². The standard InChI is InChI=1S/C14H22FNO3S/c1-4-5-6-7-16(3)20(18,19)14-9-12(10-17)8-13(15)11(14)2/h8-9,17H,4-7,10H2,1-3H3. The van der Waals surface area contributed by atoms with Gasteiger partial charge in [-0.2, -0.15) is 0 Å². The Labute approximate surface area is 120 Å². The van der Waals surface area contributed by atoms with E-state index in [4.69, 9.17) is 5.11 Å². The smallest absolute Gasteiger partial charge is 0.243 e. The average molecular weight is 303 g/mol. The minimum Gasteiger partial charge on any atom is -0.392 e. The number of unbranched alkanes of at least 4 members (excludes halogenated alkanes) is 2. The Morgan fingerprint density at radius 2 is 1.95 bits per heavy atom. The van der Waals surface area contributed by atoms with Crippen LogP contribution < -0.4 is 0 Å². The van der Waals surface area contributed by atoms with Crippen LogP contribution in [0.25, 0.3) is 0 Å². The van der Waals surface area contributed by atoms with Crippen LogP contribution in [0.1, 0.15) is 37.3 Å². The summed E-state index contributed by atoms with van der Waals surface area (Å²) in [6.45, 7) is 3.49. The summed E-state index contributed by atoms with van der Waals surface area (Å²) in [6, 6.07) is 2.50. The van der Waals surface area contributed by atoms with Gasteiger partial charge in [-0.05, 0) is 31.0 Å². The second-order valence-electron chi connectivity index (χ2n) is 4.89. The maximum Gasteiger partial charge on any atom is 0.243 e. The molecule has 1 N–H and O–H groups in total. The topological polar surface area (TPSA) is 57.6 Å². The molecule has 0 spiro atoms. The molecule has 6 heteroatoms. The Hall–Kier alpha value is -0.980. The fourth-order valence-electron chi connectivity index (χ4n) is 1.94. The lowest BCUT2D eigenvalue weighted by Crippen LogP contribution is -2.29. The Balaban J connectivity index is 3.11. The second-order valence-corrected chi connectivity index (χ2v) is 6.91. The van der Waals surface area contributed by atoms with E-state index in [0.717, 1.165) is 25.3 Å². The third kappa shape index (κ3) is 3.77. The van der Waals surface area contributed by atoms with E-state index in [-0.39, 0.29) is 22.6 Å². The Morgan fingerprint density at radius 1 is 1.30 bits per heavy atom. The zero-order chi connectivity index (χ0) is 15.3. The zero-order valence-corrected chi connectivity index (χ0v) is 13.0. The molecule has 0 saturated carbocycles. The highest BCUT2D eigenvalue weighted by Crippen LogP contribution is 2.23. The fraction of sp³-hybridized carbons (Fsp3) is 0.571. The number of aliphatic hydroxyl groups is 1. The zero-order valence-electron chi connectivity index (χ0n) is 12.2. The first-order valence-electron chi connectivity index (χ1n) is 6.70. The summed E-state index contributed by atoms with van der Waals surface area (Å²) in [4.78, 5) is -0.0689. The van der Waals surface area contributed by atoms with Gasteiger partial charge in [-0.25, -0.2) is 17.1 Å². The van der Waals surface area contributed by atoms with E-state index in [1.54, 1.807) is 0 Å². The predicted molar refractivity (Wildman–Crippen MR) is 76.4 cm³/mol. The number of benzene rings is 1. The van der Waals surface area contributed by atoms with E-state index >= 15 is 0 Å².